The van der Waals surface area contributed by atoms with Crippen molar-refractivity contribution in [3.8, 4) is 0 Å². The number of urea groups is 1. The molecule has 0 saturated heterocycles. The SMILES string of the molecule is O=C(NCCc1ccccc1Br)Nc1cccc(Cl)c1Cl. The van der Waals surface area contributed by atoms with Gasteiger partial charge in [0.25, 0.3) is 0 Å². The first-order chi connectivity index (χ1) is 10.1. The van der Waals surface area contributed by atoms with Gasteiger partial charge in [-0.2, -0.15) is 0 Å². The van der Waals surface area contributed by atoms with Crippen LogP contribution in [0.25, 0.3) is 0 Å². The zero-order valence-corrected chi connectivity index (χ0v) is 14.1. The second kappa shape index (κ2) is 7.69. The third-order valence-electron chi connectivity index (χ3n) is 2.84. The Bertz CT molecular complexity index is 649. The summed E-state index contributed by atoms with van der Waals surface area (Å²) in [6.45, 7) is 0.520. The van der Waals surface area contributed by atoms with E-state index in [-0.39, 0.29) is 6.03 Å². The molecule has 0 radical (unpaired) electrons. The van der Waals surface area contributed by atoms with E-state index in [0.717, 1.165) is 16.5 Å². The lowest BCUT2D eigenvalue weighted by atomic mass is 10.1. The average Bonchev–Trinajstić information content (AvgIpc) is 2.46. The molecule has 0 fully saturated rings. The Kier molecular flexibility index (Phi) is 5.91. The van der Waals surface area contributed by atoms with Crippen LogP contribution in [-0.4, -0.2) is 12.6 Å². The van der Waals surface area contributed by atoms with Gasteiger partial charge in [-0.05, 0) is 30.2 Å². The molecule has 2 N–H and O–H groups in total. The number of nitrogens with one attached hydrogen (secondary N) is 2. The Morgan fingerprint density at radius 3 is 2.62 bits per heavy atom. The van der Waals surface area contributed by atoms with Crippen molar-refractivity contribution in [2.45, 2.75) is 6.42 Å². The smallest absolute Gasteiger partial charge is 0.319 e. The molecule has 0 aliphatic rings. The van der Waals surface area contributed by atoms with E-state index in [1.807, 2.05) is 24.3 Å². The standard InChI is InChI=1S/C15H13BrCl2N2O/c16-11-5-2-1-4-10(11)8-9-19-15(21)20-13-7-3-6-12(17)14(13)18/h1-7H,8-9H2,(H2,19,20,21). The number of benzene rings is 2. The van der Waals surface area contributed by atoms with Gasteiger partial charge in [0.2, 0.25) is 0 Å². The molecule has 110 valence electrons. The lowest BCUT2D eigenvalue weighted by Gasteiger charge is -2.10. The number of hydrogen-bond donors (Lipinski definition) is 2. The molecule has 3 nitrogen and oxygen atoms in total. The predicted octanol–water partition coefficient (Wildman–Crippen LogP) is 5.12. The summed E-state index contributed by atoms with van der Waals surface area (Å²) in [5, 5.41) is 6.19. The number of hydrogen-bond acceptors (Lipinski definition) is 1. The van der Waals surface area contributed by atoms with Gasteiger partial charge in [-0.25, -0.2) is 4.79 Å². The fraction of sp³-hybridized carbons (Fsp3) is 0.133. The van der Waals surface area contributed by atoms with Gasteiger partial charge in [0, 0.05) is 11.0 Å². The van der Waals surface area contributed by atoms with Crippen molar-refractivity contribution in [2.75, 3.05) is 11.9 Å². The van der Waals surface area contributed by atoms with Crippen LogP contribution in [0.15, 0.2) is 46.9 Å². The topological polar surface area (TPSA) is 41.1 Å². The fourth-order valence-electron chi connectivity index (χ4n) is 1.78. The average molecular weight is 388 g/mol. The summed E-state index contributed by atoms with van der Waals surface area (Å²) in [7, 11) is 0. The van der Waals surface area contributed by atoms with E-state index in [1.165, 1.54) is 0 Å². The molecule has 0 aromatic heterocycles. The van der Waals surface area contributed by atoms with E-state index < -0.39 is 0 Å². The Balaban J connectivity index is 1.85. The maximum absolute atomic E-state index is 11.8. The number of anilines is 1. The van der Waals surface area contributed by atoms with Crippen LogP contribution in [0, 0.1) is 0 Å². The summed E-state index contributed by atoms with van der Waals surface area (Å²) >= 11 is 15.4. The summed E-state index contributed by atoms with van der Waals surface area (Å²) in [4.78, 5) is 11.8. The quantitative estimate of drug-likeness (QED) is 0.750. The molecule has 0 aliphatic heterocycles. The summed E-state index contributed by atoms with van der Waals surface area (Å²) in [5.74, 6) is 0. The van der Waals surface area contributed by atoms with Gasteiger partial charge in [0.05, 0.1) is 15.7 Å². The first kappa shape index (κ1) is 16.1. The Morgan fingerprint density at radius 2 is 1.86 bits per heavy atom. The maximum atomic E-state index is 11.8. The van der Waals surface area contributed by atoms with Gasteiger partial charge in [-0.15, -0.1) is 0 Å². The second-order valence-electron chi connectivity index (χ2n) is 4.32. The maximum Gasteiger partial charge on any atom is 0.319 e. The zero-order chi connectivity index (χ0) is 15.2. The molecule has 0 heterocycles. The van der Waals surface area contributed by atoms with Gasteiger partial charge < -0.3 is 10.6 Å². The first-order valence-corrected chi connectivity index (χ1v) is 7.85. The molecule has 2 rings (SSSR count). The third-order valence-corrected chi connectivity index (χ3v) is 4.43. The van der Waals surface area contributed by atoms with Crippen molar-refractivity contribution in [1.29, 1.82) is 0 Å². The first-order valence-electron chi connectivity index (χ1n) is 6.30. The highest BCUT2D eigenvalue weighted by atomic mass is 79.9. The van der Waals surface area contributed by atoms with Crippen LogP contribution in [0.1, 0.15) is 5.56 Å². The number of halogens is 3. The molecule has 0 bridgehead atoms. The molecule has 2 aromatic rings. The van der Waals surface area contributed by atoms with Gasteiger partial charge in [0.15, 0.2) is 0 Å². The van der Waals surface area contributed by atoms with Crippen LogP contribution in [0.5, 0.6) is 0 Å². The van der Waals surface area contributed by atoms with Crippen LogP contribution in [0.2, 0.25) is 10.0 Å². The monoisotopic (exact) mass is 386 g/mol. The number of carbonyl (C=O) groups excluding carboxylic acids is 1. The molecule has 0 unspecified atom stereocenters. The molecule has 2 aromatic carbocycles. The van der Waals surface area contributed by atoms with E-state index in [2.05, 4.69) is 26.6 Å². The van der Waals surface area contributed by atoms with Crippen LogP contribution < -0.4 is 10.6 Å². The third kappa shape index (κ3) is 4.63. The highest BCUT2D eigenvalue weighted by molar-refractivity contribution is 9.10. The van der Waals surface area contributed by atoms with Crippen molar-refractivity contribution in [1.82, 2.24) is 5.32 Å². The molecule has 0 spiro atoms. The lowest BCUT2D eigenvalue weighted by Crippen LogP contribution is -2.30. The largest absolute Gasteiger partial charge is 0.338 e. The van der Waals surface area contributed by atoms with Crippen molar-refractivity contribution < 1.29 is 4.79 Å². The highest BCUT2D eigenvalue weighted by Gasteiger charge is 2.07. The molecule has 0 aliphatic carbocycles. The normalized spacial score (nSPS) is 10.2. The number of rotatable bonds is 4. The fourth-order valence-corrected chi connectivity index (χ4v) is 2.61. The summed E-state index contributed by atoms with van der Waals surface area (Å²) in [6, 6.07) is 12.7. The van der Waals surface area contributed by atoms with Gasteiger partial charge >= 0.3 is 6.03 Å². The van der Waals surface area contributed by atoms with Crippen molar-refractivity contribution in [3.63, 3.8) is 0 Å². The molecule has 2 amide bonds. The van der Waals surface area contributed by atoms with Crippen LogP contribution in [-0.2, 0) is 6.42 Å². The van der Waals surface area contributed by atoms with E-state index in [0.29, 0.717) is 22.3 Å². The molecule has 6 heteroatoms. The molecular weight excluding hydrogens is 375 g/mol. The van der Waals surface area contributed by atoms with E-state index >= 15 is 0 Å². The van der Waals surface area contributed by atoms with Crippen molar-refractivity contribution in [2.24, 2.45) is 0 Å². The lowest BCUT2D eigenvalue weighted by molar-refractivity contribution is 0.252. The summed E-state index contributed by atoms with van der Waals surface area (Å²) in [5.41, 5.74) is 1.63. The van der Waals surface area contributed by atoms with Crippen molar-refractivity contribution >= 4 is 50.9 Å². The summed E-state index contributed by atoms with van der Waals surface area (Å²) < 4.78 is 1.03. The highest BCUT2D eigenvalue weighted by Crippen LogP contribution is 2.29. The van der Waals surface area contributed by atoms with Gasteiger partial charge in [-0.3, -0.25) is 0 Å². The molecule has 0 saturated carbocycles. The van der Waals surface area contributed by atoms with Crippen LogP contribution in [0.4, 0.5) is 10.5 Å². The van der Waals surface area contributed by atoms with Crippen molar-refractivity contribution in [3.05, 3.63) is 62.5 Å². The minimum Gasteiger partial charge on any atom is -0.338 e. The predicted molar refractivity (Wildman–Crippen MR) is 91.3 cm³/mol. The van der Waals surface area contributed by atoms with E-state index in [1.54, 1.807) is 18.2 Å². The zero-order valence-electron chi connectivity index (χ0n) is 11.0. The van der Waals surface area contributed by atoms with E-state index in [9.17, 15) is 4.79 Å². The van der Waals surface area contributed by atoms with Gasteiger partial charge in [-0.1, -0.05) is 63.4 Å². The second-order valence-corrected chi connectivity index (χ2v) is 5.96. The minimum absolute atomic E-state index is 0.314. The summed E-state index contributed by atoms with van der Waals surface area (Å²) in [6.07, 6.45) is 0.734. The Morgan fingerprint density at radius 1 is 1.10 bits per heavy atom. The number of amides is 2. The molecular formula is C15H13BrCl2N2O. The number of carbonyl (C=O) groups is 1. The molecule has 0 atom stereocenters. The Labute approximate surface area is 141 Å². The molecule has 21 heavy (non-hydrogen) atoms. The Hall–Kier alpha value is -1.23. The minimum atomic E-state index is -0.314. The van der Waals surface area contributed by atoms with Gasteiger partial charge in [0.1, 0.15) is 0 Å². The van der Waals surface area contributed by atoms with E-state index in [4.69, 9.17) is 23.2 Å². The van der Waals surface area contributed by atoms with Crippen LogP contribution in [0.3, 0.4) is 0 Å². The van der Waals surface area contributed by atoms with Crippen LogP contribution >= 0.6 is 39.1 Å².